The van der Waals surface area contributed by atoms with Gasteiger partial charge in [0.1, 0.15) is 5.82 Å². The van der Waals surface area contributed by atoms with Crippen LogP contribution in [0.4, 0.5) is 0 Å². The third-order valence-corrected chi connectivity index (χ3v) is 9.62. The van der Waals surface area contributed by atoms with E-state index in [9.17, 15) is 0 Å². The molecular formula is C41H42N4OPt. The zero-order chi connectivity index (χ0) is 31.9. The molecule has 0 amide bonds. The molecule has 6 heteroatoms. The van der Waals surface area contributed by atoms with Crippen molar-refractivity contribution in [1.29, 1.82) is 0 Å². The summed E-state index contributed by atoms with van der Waals surface area (Å²) in [6, 6.07) is 30.0. The molecule has 0 aliphatic heterocycles. The standard InChI is InChI=1S/C41H42N4O.Pt/c1-7-8-12-31-19-20-42-39(23-31)44-37-16-10-9-15-35(37)36-18-17-34(25-38(36)44)46-33-14-11-13-32(24-33)45-30(6)41(29(5)43-45)40-27(3)21-26(2)22-28(40)4;/h9-11,13-21,23,26,28,40H,7-8,12,22H2,1-6H3;/q-2;+2/t26-,28-,40?;/m0./s1. The van der Waals surface area contributed by atoms with Crippen molar-refractivity contribution in [2.24, 2.45) is 11.8 Å². The summed E-state index contributed by atoms with van der Waals surface area (Å²) < 4.78 is 10.7. The second-order valence-corrected chi connectivity index (χ2v) is 13.1. The number of fused-ring (bicyclic) bond motifs is 3. The summed E-state index contributed by atoms with van der Waals surface area (Å²) in [5.41, 5.74) is 9.24. The predicted octanol–water partition coefficient (Wildman–Crippen LogP) is 10.4. The van der Waals surface area contributed by atoms with Crippen molar-refractivity contribution in [3.63, 3.8) is 0 Å². The van der Waals surface area contributed by atoms with Crippen molar-refractivity contribution >= 4 is 21.8 Å². The van der Waals surface area contributed by atoms with Gasteiger partial charge in [-0.1, -0.05) is 62.6 Å². The van der Waals surface area contributed by atoms with E-state index in [4.69, 9.17) is 14.8 Å². The molecule has 7 rings (SSSR count). The molecule has 3 atom stereocenters. The number of aromatic nitrogens is 4. The minimum Gasteiger partial charge on any atom is -0.509 e. The van der Waals surface area contributed by atoms with Crippen LogP contribution in [0.25, 0.3) is 33.3 Å². The van der Waals surface area contributed by atoms with Gasteiger partial charge in [-0.05, 0) is 86.7 Å². The topological polar surface area (TPSA) is 44.9 Å². The van der Waals surface area contributed by atoms with E-state index in [1.165, 1.54) is 28.5 Å². The molecule has 0 N–H and O–H groups in total. The van der Waals surface area contributed by atoms with Gasteiger partial charge in [0, 0.05) is 40.4 Å². The average Bonchev–Trinajstić information content (AvgIpc) is 3.53. The number of hydrogen-bond donors (Lipinski definition) is 0. The second-order valence-electron chi connectivity index (χ2n) is 13.1. The maximum absolute atomic E-state index is 6.46. The number of para-hydroxylation sites is 1. The van der Waals surface area contributed by atoms with Crippen LogP contribution in [-0.2, 0) is 27.5 Å². The van der Waals surface area contributed by atoms with Gasteiger partial charge in [0.25, 0.3) is 0 Å². The quantitative estimate of drug-likeness (QED) is 0.114. The number of aryl methyl sites for hydroxylation is 2. The Hall–Kier alpha value is -3.95. The van der Waals surface area contributed by atoms with Crippen molar-refractivity contribution < 1.29 is 25.8 Å². The van der Waals surface area contributed by atoms with Crippen LogP contribution in [0.5, 0.6) is 11.5 Å². The number of allylic oxidation sites excluding steroid dienone is 2. The van der Waals surface area contributed by atoms with Gasteiger partial charge < -0.3 is 9.30 Å². The van der Waals surface area contributed by atoms with Crippen LogP contribution in [0.15, 0.2) is 84.6 Å². The number of nitrogens with zero attached hydrogens (tertiary/aromatic N) is 4. The maximum atomic E-state index is 6.46. The van der Waals surface area contributed by atoms with Crippen molar-refractivity contribution in [2.45, 2.75) is 73.1 Å². The first-order valence-corrected chi connectivity index (χ1v) is 16.7. The molecule has 0 saturated heterocycles. The number of rotatable bonds is 8. The molecule has 0 fully saturated rings. The smallest absolute Gasteiger partial charge is 0.509 e. The molecular weight excluding hydrogens is 760 g/mol. The van der Waals surface area contributed by atoms with E-state index in [0.717, 1.165) is 58.6 Å². The molecule has 3 aromatic carbocycles. The van der Waals surface area contributed by atoms with Crippen LogP contribution < -0.4 is 4.74 Å². The Balaban J connectivity index is 0.00000386. The van der Waals surface area contributed by atoms with Gasteiger partial charge in [-0.3, -0.25) is 4.68 Å². The summed E-state index contributed by atoms with van der Waals surface area (Å²) in [4.78, 5) is 4.80. The minimum absolute atomic E-state index is 0. The fraction of sp³-hybridized carbons (Fsp3) is 0.317. The monoisotopic (exact) mass is 801 g/mol. The summed E-state index contributed by atoms with van der Waals surface area (Å²) in [6.07, 6.45) is 8.91. The number of ether oxygens (including phenoxy) is 1. The van der Waals surface area contributed by atoms with E-state index >= 15 is 0 Å². The van der Waals surface area contributed by atoms with Crippen LogP contribution in [0.2, 0.25) is 0 Å². The molecule has 6 aromatic rings. The van der Waals surface area contributed by atoms with Crippen LogP contribution in [0.3, 0.4) is 0 Å². The molecule has 1 aliphatic carbocycles. The zero-order valence-corrected chi connectivity index (χ0v) is 30.4. The molecule has 0 bridgehead atoms. The van der Waals surface area contributed by atoms with Crippen LogP contribution in [0.1, 0.15) is 75.4 Å². The number of unbranched alkanes of at least 4 members (excludes halogenated alkanes) is 1. The van der Waals surface area contributed by atoms with Crippen molar-refractivity contribution in [1.82, 2.24) is 19.3 Å². The first-order chi connectivity index (χ1) is 22.3. The Morgan fingerprint density at radius 3 is 2.53 bits per heavy atom. The van der Waals surface area contributed by atoms with Gasteiger partial charge in [-0.2, -0.15) is 17.2 Å². The van der Waals surface area contributed by atoms with Gasteiger partial charge in [-0.25, -0.2) is 4.98 Å². The van der Waals surface area contributed by atoms with Gasteiger partial charge in [0.2, 0.25) is 0 Å². The first kappa shape index (κ1) is 33.0. The zero-order valence-electron chi connectivity index (χ0n) is 28.1. The average molecular weight is 802 g/mol. The molecule has 47 heavy (non-hydrogen) atoms. The first-order valence-electron chi connectivity index (χ1n) is 16.7. The van der Waals surface area contributed by atoms with E-state index in [1.54, 1.807) is 0 Å². The third-order valence-electron chi connectivity index (χ3n) is 9.62. The molecule has 3 heterocycles. The Bertz CT molecular complexity index is 2090. The molecule has 1 unspecified atom stereocenters. The largest absolute Gasteiger partial charge is 2.00 e. The molecule has 5 nitrogen and oxygen atoms in total. The van der Waals surface area contributed by atoms with Crippen LogP contribution >= 0.6 is 0 Å². The Morgan fingerprint density at radius 1 is 0.915 bits per heavy atom. The SMILES string of the molecule is CCCCc1ccnc(-n2c3[c-]c(Oc4[c-]c(-n5nc(C)c(C6C(C)=C[C@H](C)C[C@@H]6C)c5C)ccc4)ccc3c3ccccc32)c1.[Pt+2]. The summed E-state index contributed by atoms with van der Waals surface area (Å²) in [5, 5.41) is 7.30. The van der Waals surface area contributed by atoms with E-state index in [2.05, 4.69) is 107 Å². The summed E-state index contributed by atoms with van der Waals surface area (Å²) >= 11 is 0. The molecule has 242 valence electrons. The van der Waals surface area contributed by atoms with Gasteiger partial charge in [-0.15, -0.1) is 35.7 Å². The van der Waals surface area contributed by atoms with Crippen molar-refractivity contribution in [3.05, 3.63) is 119 Å². The van der Waals surface area contributed by atoms with Gasteiger partial charge in [0.15, 0.2) is 0 Å². The Kier molecular flexibility index (Phi) is 9.57. The van der Waals surface area contributed by atoms with E-state index in [1.807, 2.05) is 35.1 Å². The van der Waals surface area contributed by atoms with Gasteiger partial charge in [0.05, 0.1) is 5.69 Å². The normalized spacial score (nSPS) is 17.9. The fourth-order valence-electron chi connectivity index (χ4n) is 7.67. The number of pyridine rings is 1. The van der Waals surface area contributed by atoms with E-state index in [-0.39, 0.29) is 21.1 Å². The summed E-state index contributed by atoms with van der Waals surface area (Å²) in [7, 11) is 0. The third kappa shape index (κ3) is 6.23. The predicted molar refractivity (Wildman–Crippen MR) is 187 cm³/mol. The van der Waals surface area contributed by atoms with Crippen molar-refractivity contribution in [2.75, 3.05) is 0 Å². The molecule has 1 aliphatic rings. The Labute approximate surface area is 292 Å². The van der Waals surface area contributed by atoms with Crippen LogP contribution in [0, 0.1) is 37.8 Å². The molecule has 3 aromatic heterocycles. The van der Waals surface area contributed by atoms with Crippen LogP contribution in [-0.4, -0.2) is 19.3 Å². The molecule has 0 saturated carbocycles. The Morgan fingerprint density at radius 2 is 1.72 bits per heavy atom. The van der Waals surface area contributed by atoms with E-state index in [0.29, 0.717) is 29.3 Å². The second kappa shape index (κ2) is 13.6. The molecule has 0 radical (unpaired) electrons. The van der Waals surface area contributed by atoms with Crippen molar-refractivity contribution in [3.8, 4) is 23.0 Å². The summed E-state index contributed by atoms with van der Waals surface area (Å²) in [6.45, 7) is 13.5. The maximum Gasteiger partial charge on any atom is 2.00 e. The van der Waals surface area contributed by atoms with E-state index < -0.39 is 0 Å². The van der Waals surface area contributed by atoms with Gasteiger partial charge >= 0.3 is 21.1 Å². The summed E-state index contributed by atoms with van der Waals surface area (Å²) in [5.74, 6) is 3.73. The number of hydrogen-bond acceptors (Lipinski definition) is 3. The number of benzene rings is 3. The molecule has 0 spiro atoms. The minimum atomic E-state index is 0. The fourth-order valence-corrected chi connectivity index (χ4v) is 7.67.